The van der Waals surface area contributed by atoms with Crippen molar-refractivity contribution in [2.45, 2.75) is 18.9 Å². The van der Waals surface area contributed by atoms with Gasteiger partial charge in [-0.05, 0) is 55.8 Å². The number of likely N-dealkylation sites (tertiary alicyclic amines) is 1. The molecule has 0 spiro atoms. The molecule has 1 aromatic heterocycles. The summed E-state index contributed by atoms with van der Waals surface area (Å²) in [5.41, 5.74) is 1.18. The van der Waals surface area contributed by atoms with Crippen molar-refractivity contribution in [3.05, 3.63) is 54.2 Å². The standard InChI is InChI=1S/C19H24N4O2/c1-25-16-9-7-15(8-10-16)17(23-12-4-5-13-23)14-21-19(24)22-18-6-2-3-11-20-18/h2-3,6-11,17H,4-5,12-14H2,1H3,(H2,20,21,22,24). The summed E-state index contributed by atoms with van der Waals surface area (Å²) in [4.78, 5) is 18.7. The molecule has 6 heteroatoms. The Hall–Kier alpha value is -2.60. The number of aromatic nitrogens is 1. The number of hydrogen-bond donors (Lipinski definition) is 2. The van der Waals surface area contributed by atoms with Crippen LogP contribution in [0.2, 0.25) is 0 Å². The Kier molecular flexibility index (Phi) is 5.85. The van der Waals surface area contributed by atoms with Crippen LogP contribution < -0.4 is 15.4 Å². The highest BCUT2D eigenvalue weighted by Crippen LogP contribution is 2.26. The average Bonchev–Trinajstić information content (AvgIpc) is 3.18. The Bertz CT molecular complexity index is 670. The normalized spacial score (nSPS) is 15.6. The number of nitrogens with zero attached hydrogens (tertiary/aromatic N) is 2. The molecule has 3 rings (SSSR count). The van der Waals surface area contributed by atoms with Gasteiger partial charge in [0.25, 0.3) is 0 Å². The van der Waals surface area contributed by atoms with Gasteiger partial charge in [0.15, 0.2) is 0 Å². The molecule has 1 atom stereocenters. The minimum Gasteiger partial charge on any atom is -0.497 e. The molecule has 2 heterocycles. The number of ether oxygens (including phenoxy) is 1. The number of rotatable bonds is 6. The van der Waals surface area contributed by atoms with Gasteiger partial charge in [-0.2, -0.15) is 0 Å². The molecule has 132 valence electrons. The van der Waals surface area contributed by atoms with Crippen LogP contribution >= 0.6 is 0 Å². The van der Waals surface area contributed by atoms with Gasteiger partial charge in [0, 0.05) is 12.7 Å². The van der Waals surface area contributed by atoms with Gasteiger partial charge in [0.05, 0.1) is 13.2 Å². The van der Waals surface area contributed by atoms with Crippen LogP contribution in [0.15, 0.2) is 48.7 Å². The lowest BCUT2D eigenvalue weighted by atomic mass is 10.1. The third-order valence-electron chi connectivity index (χ3n) is 4.44. The van der Waals surface area contributed by atoms with Crippen molar-refractivity contribution in [1.29, 1.82) is 0 Å². The molecule has 1 fully saturated rings. The monoisotopic (exact) mass is 340 g/mol. The van der Waals surface area contributed by atoms with E-state index in [1.165, 1.54) is 18.4 Å². The first-order chi connectivity index (χ1) is 12.3. The molecule has 0 aliphatic carbocycles. The summed E-state index contributed by atoms with van der Waals surface area (Å²) in [6.45, 7) is 2.66. The first kappa shape index (κ1) is 17.2. The molecule has 6 nitrogen and oxygen atoms in total. The number of nitrogens with one attached hydrogen (secondary N) is 2. The summed E-state index contributed by atoms with van der Waals surface area (Å²) in [5, 5.41) is 5.73. The lowest BCUT2D eigenvalue weighted by molar-refractivity contribution is 0.227. The van der Waals surface area contributed by atoms with E-state index < -0.39 is 0 Å². The second-order valence-electron chi connectivity index (χ2n) is 6.08. The van der Waals surface area contributed by atoms with E-state index in [1.54, 1.807) is 19.4 Å². The lowest BCUT2D eigenvalue weighted by Crippen LogP contribution is -2.38. The summed E-state index contributed by atoms with van der Waals surface area (Å²) in [6, 6.07) is 13.4. The number of hydrogen-bond acceptors (Lipinski definition) is 4. The van der Waals surface area contributed by atoms with Gasteiger partial charge in [0.1, 0.15) is 11.6 Å². The molecule has 25 heavy (non-hydrogen) atoms. The first-order valence-corrected chi connectivity index (χ1v) is 8.60. The van der Waals surface area contributed by atoms with Crippen molar-refractivity contribution in [2.24, 2.45) is 0 Å². The number of methoxy groups -OCH3 is 1. The van der Waals surface area contributed by atoms with E-state index in [0.717, 1.165) is 18.8 Å². The van der Waals surface area contributed by atoms with E-state index >= 15 is 0 Å². The second-order valence-corrected chi connectivity index (χ2v) is 6.08. The van der Waals surface area contributed by atoms with E-state index in [-0.39, 0.29) is 12.1 Å². The smallest absolute Gasteiger partial charge is 0.320 e. The van der Waals surface area contributed by atoms with E-state index in [2.05, 4.69) is 32.7 Å². The van der Waals surface area contributed by atoms with Crippen LogP contribution in [0, 0.1) is 0 Å². The van der Waals surface area contributed by atoms with Crippen LogP contribution in [0.5, 0.6) is 5.75 Å². The minimum atomic E-state index is -0.239. The topological polar surface area (TPSA) is 66.5 Å². The number of anilines is 1. The molecule has 1 aliphatic rings. The third kappa shape index (κ3) is 4.70. The Labute approximate surface area is 148 Å². The summed E-state index contributed by atoms with van der Waals surface area (Å²) in [6.07, 6.45) is 4.06. The van der Waals surface area contributed by atoms with Crippen molar-refractivity contribution >= 4 is 11.8 Å². The Morgan fingerprint density at radius 2 is 1.96 bits per heavy atom. The maximum atomic E-state index is 12.2. The van der Waals surface area contributed by atoms with Crippen molar-refractivity contribution < 1.29 is 9.53 Å². The molecule has 1 aliphatic heterocycles. The van der Waals surface area contributed by atoms with Crippen LogP contribution in [0.25, 0.3) is 0 Å². The second kappa shape index (κ2) is 8.48. The number of pyridine rings is 1. The fraction of sp³-hybridized carbons (Fsp3) is 0.368. The van der Waals surface area contributed by atoms with Crippen molar-refractivity contribution in [3.63, 3.8) is 0 Å². The molecule has 1 aromatic carbocycles. The predicted octanol–water partition coefficient (Wildman–Crippen LogP) is 3.05. The molecular weight excluding hydrogens is 316 g/mol. The van der Waals surface area contributed by atoms with Crippen LogP contribution in [0.1, 0.15) is 24.4 Å². The predicted molar refractivity (Wildman–Crippen MR) is 97.8 cm³/mol. The fourth-order valence-electron chi connectivity index (χ4n) is 3.12. The zero-order valence-electron chi connectivity index (χ0n) is 14.4. The first-order valence-electron chi connectivity index (χ1n) is 8.60. The largest absolute Gasteiger partial charge is 0.497 e. The van der Waals surface area contributed by atoms with Crippen molar-refractivity contribution in [3.8, 4) is 5.75 Å². The van der Waals surface area contributed by atoms with Crippen LogP contribution in [-0.2, 0) is 0 Å². The highest BCUT2D eigenvalue weighted by Gasteiger charge is 2.24. The van der Waals surface area contributed by atoms with Crippen molar-refractivity contribution in [1.82, 2.24) is 15.2 Å². The maximum absolute atomic E-state index is 12.2. The molecule has 2 aromatic rings. The fourth-order valence-corrected chi connectivity index (χ4v) is 3.12. The van der Waals surface area contributed by atoms with E-state index in [1.807, 2.05) is 24.3 Å². The number of carbonyl (C=O) groups excluding carboxylic acids is 1. The van der Waals surface area contributed by atoms with E-state index in [4.69, 9.17) is 4.74 Å². The molecule has 2 amide bonds. The molecule has 0 radical (unpaired) electrons. The van der Waals surface area contributed by atoms with Crippen LogP contribution in [0.3, 0.4) is 0 Å². The average molecular weight is 340 g/mol. The van der Waals surface area contributed by atoms with Gasteiger partial charge < -0.3 is 10.1 Å². The van der Waals surface area contributed by atoms with Gasteiger partial charge in [-0.1, -0.05) is 18.2 Å². The Balaban J connectivity index is 1.64. The third-order valence-corrected chi connectivity index (χ3v) is 4.44. The zero-order valence-corrected chi connectivity index (χ0v) is 14.4. The van der Waals surface area contributed by atoms with Crippen molar-refractivity contribution in [2.75, 3.05) is 32.1 Å². The molecule has 0 saturated carbocycles. The highest BCUT2D eigenvalue weighted by molar-refractivity contribution is 5.88. The summed E-state index contributed by atoms with van der Waals surface area (Å²) < 4.78 is 5.24. The minimum absolute atomic E-state index is 0.155. The van der Waals surface area contributed by atoms with E-state index in [9.17, 15) is 4.79 Å². The SMILES string of the molecule is COc1ccc(C(CNC(=O)Nc2ccccn2)N2CCCC2)cc1. The number of carbonyl (C=O) groups is 1. The summed E-state index contributed by atoms with van der Waals surface area (Å²) >= 11 is 0. The quantitative estimate of drug-likeness (QED) is 0.848. The van der Waals surface area contributed by atoms with Gasteiger partial charge in [-0.15, -0.1) is 0 Å². The Morgan fingerprint density at radius 3 is 2.60 bits per heavy atom. The Morgan fingerprint density at radius 1 is 1.20 bits per heavy atom. The van der Waals surface area contributed by atoms with Gasteiger partial charge in [-0.25, -0.2) is 9.78 Å². The molecule has 2 N–H and O–H groups in total. The van der Waals surface area contributed by atoms with Gasteiger partial charge >= 0.3 is 6.03 Å². The van der Waals surface area contributed by atoms with E-state index in [0.29, 0.717) is 12.4 Å². The summed E-state index contributed by atoms with van der Waals surface area (Å²) in [7, 11) is 1.66. The number of urea groups is 1. The molecule has 1 unspecified atom stereocenters. The summed E-state index contributed by atoms with van der Waals surface area (Å²) in [5.74, 6) is 1.38. The number of benzene rings is 1. The molecule has 0 bridgehead atoms. The van der Waals surface area contributed by atoms with Crippen LogP contribution in [0.4, 0.5) is 10.6 Å². The zero-order chi connectivity index (χ0) is 17.5. The maximum Gasteiger partial charge on any atom is 0.320 e. The van der Waals surface area contributed by atoms with Gasteiger partial charge in [-0.3, -0.25) is 10.2 Å². The highest BCUT2D eigenvalue weighted by atomic mass is 16.5. The van der Waals surface area contributed by atoms with Gasteiger partial charge in [0.2, 0.25) is 0 Å². The number of amides is 2. The van der Waals surface area contributed by atoms with Crippen LogP contribution in [-0.4, -0.2) is 42.7 Å². The lowest BCUT2D eigenvalue weighted by Gasteiger charge is -2.28. The molecule has 1 saturated heterocycles. The molecular formula is C19H24N4O2.